The van der Waals surface area contributed by atoms with Gasteiger partial charge in [-0.1, -0.05) is 12.1 Å². The molecular weight excluding hydrogens is 495 g/mol. The molecule has 1 heterocycles. The highest BCUT2D eigenvalue weighted by atomic mass is 127. The van der Waals surface area contributed by atoms with Gasteiger partial charge in [-0.05, 0) is 57.5 Å². The van der Waals surface area contributed by atoms with E-state index in [0.717, 1.165) is 49.7 Å². The molecule has 9 heteroatoms. The maximum atomic E-state index is 12.0. The number of primary amides is 1. The Kier molecular flexibility index (Phi) is 11.7. The number of amides is 2. The summed E-state index contributed by atoms with van der Waals surface area (Å²) in [4.78, 5) is 32.1. The first-order chi connectivity index (χ1) is 13.9. The summed E-state index contributed by atoms with van der Waals surface area (Å²) in [6, 6.07) is 7.76. The van der Waals surface area contributed by atoms with Gasteiger partial charge in [0.2, 0.25) is 11.8 Å². The molecule has 0 radical (unpaired) electrons. The molecule has 0 saturated carbocycles. The summed E-state index contributed by atoms with van der Waals surface area (Å²) in [5, 5.41) is 6.26. The van der Waals surface area contributed by atoms with Crippen molar-refractivity contribution in [3.8, 4) is 0 Å². The maximum absolute atomic E-state index is 12.0. The zero-order chi connectivity index (χ0) is 21.2. The Labute approximate surface area is 196 Å². The van der Waals surface area contributed by atoms with Crippen LogP contribution in [0.15, 0.2) is 29.3 Å². The summed E-state index contributed by atoms with van der Waals surface area (Å²) in [5.74, 6) is 0.841. The minimum Gasteiger partial charge on any atom is -0.370 e. The van der Waals surface area contributed by atoms with E-state index >= 15 is 0 Å². The Morgan fingerprint density at radius 3 is 2.77 bits per heavy atom. The first kappa shape index (κ1) is 26.2. The van der Waals surface area contributed by atoms with Crippen LogP contribution in [0.5, 0.6) is 0 Å². The van der Waals surface area contributed by atoms with Crippen LogP contribution < -0.4 is 16.4 Å². The number of carbonyl (C=O) groups excluding carboxylic acids is 2. The molecule has 0 bridgehead atoms. The number of halogens is 1. The van der Waals surface area contributed by atoms with E-state index in [1.165, 1.54) is 0 Å². The first-order valence-electron chi connectivity index (χ1n) is 10.2. The summed E-state index contributed by atoms with van der Waals surface area (Å²) in [6.07, 6.45) is 2.47. The van der Waals surface area contributed by atoms with Crippen molar-refractivity contribution in [1.82, 2.24) is 15.1 Å². The van der Waals surface area contributed by atoms with E-state index in [1.54, 1.807) is 0 Å². The summed E-state index contributed by atoms with van der Waals surface area (Å²) in [5.41, 5.74) is 7.17. The number of hydrogen-bond acceptors (Lipinski definition) is 4. The molecule has 0 aromatic heterocycles. The third-order valence-corrected chi connectivity index (χ3v) is 4.73. The number of nitrogens with zero attached hydrogens (tertiary/aromatic N) is 3. The lowest BCUT2D eigenvalue weighted by Gasteiger charge is -2.34. The van der Waals surface area contributed by atoms with E-state index in [2.05, 4.69) is 15.5 Å². The zero-order valence-electron chi connectivity index (χ0n) is 18.2. The second-order valence-electron chi connectivity index (χ2n) is 7.78. The second kappa shape index (κ2) is 13.4. The lowest BCUT2D eigenvalue weighted by Crippen LogP contribution is -2.47. The highest BCUT2D eigenvalue weighted by molar-refractivity contribution is 14.0. The quantitative estimate of drug-likeness (QED) is 0.271. The fourth-order valence-electron chi connectivity index (χ4n) is 3.54. The molecule has 1 fully saturated rings. The number of nitrogens with two attached hydrogens (primary N) is 1. The predicted octanol–water partition coefficient (Wildman–Crippen LogP) is 1.86. The van der Waals surface area contributed by atoms with E-state index in [1.807, 2.05) is 50.2 Å². The maximum Gasteiger partial charge on any atom is 0.238 e. The molecule has 168 valence electrons. The average molecular weight is 530 g/mol. The van der Waals surface area contributed by atoms with E-state index in [-0.39, 0.29) is 41.7 Å². The van der Waals surface area contributed by atoms with Gasteiger partial charge in [0.1, 0.15) is 0 Å². The predicted molar refractivity (Wildman–Crippen MR) is 132 cm³/mol. The number of rotatable bonds is 8. The fraction of sp³-hybridized carbons (Fsp3) is 0.571. The van der Waals surface area contributed by atoms with Gasteiger partial charge in [-0.25, -0.2) is 4.99 Å². The van der Waals surface area contributed by atoms with E-state index in [0.29, 0.717) is 19.5 Å². The Hall–Kier alpha value is -1.88. The van der Waals surface area contributed by atoms with Crippen LogP contribution in [-0.2, 0) is 16.1 Å². The zero-order valence-corrected chi connectivity index (χ0v) is 20.5. The second-order valence-corrected chi connectivity index (χ2v) is 7.78. The molecule has 1 unspecified atom stereocenters. The Morgan fingerprint density at radius 1 is 1.33 bits per heavy atom. The third kappa shape index (κ3) is 9.29. The number of nitrogens with one attached hydrogen (secondary N) is 2. The van der Waals surface area contributed by atoms with Crippen LogP contribution in [0.2, 0.25) is 0 Å². The fourth-order valence-corrected chi connectivity index (χ4v) is 3.54. The molecular formula is C21H35IN6O2. The van der Waals surface area contributed by atoms with E-state index in [4.69, 9.17) is 10.7 Å². The molecule has 2 amide bonds. The van der Waals surface area contributed by atoms with Gasteiger partial charge < -0.3 is 26.2 Å². The standard InChI is InChI=1S/C21H34N6O2.HI/c1-4-23-21(27-10-6-8-17(14-27)12-19(22)28)24-13-16-7-5-9-18(11-16)25-20(29)15-26(2)3;/h5,7,9,11,17H,4,6,8,10,12-15H2,1-3H3,(H2,22,28)(H,23,24)(H,25,29);1H. The van der Waals surface area contributed by atoms with Gasteiger partial charge in [-0.2, -0.15) is 0 Å². The smallest absolute Gasteiger partial charge is 0.238 e. The molecule has 1 aliphatic heterocycles. The van der Waals surface area contributed by atoms with Gasteiger partial charge in [0.05, 0.1) is 13.1 Å². The van der Waals surface area contributed by atoms with Gasteiger partial charge >= 0.3 is 0 Å². The monoisotopic (exact) mass is 530 g/mol. The molecule has 4 N–H and O–H groups in total. The Bertz CT molecular complexity index is 725. The molecule has 1 aliphatic rings. The molecule has 8 nitrogen and oxygen atoms in total. The molecule has 0 spiro atoms. The van der Waals surface area contributed by atoms with Gasteiger partial charge in [-0.3, -0.25) is 9.59 Å². The van der Waals surface area contributed by atoms with Crippen molar-refractivity contribution in [1.29, 1.82) is 0 Å². The minimum absolute atomic E-state index is 0. The summed E-state index contributed by atoms with van der Waals surface area (Å²) in [7, 11) is 3.73. The number of hydrogen-bond donors (Lipinski definition) is 3. The normalized spacial score (nSPS) is 16.7. The van der Waals surface area contributed by atoms with Crippen LogP contribution in [0.4, 0.5) is 5.69 Å². The Morgan fingerprint density at radius 2 is 2.10 bits per heavy atom. The highest BCUT2D eigenvalue weighted by Gasteiger charge is 2.23. The van der Waals surface area contributed by atoms with Crippen molar-refractivity contribution in [2.75, 3.05) is 45.6 Å². The number of carbonyl (C=O) groups is 2. The molecule has 1 atom stereocenters. The van der Waals surface area contributed by atoms with Crippen molar-refractivity contribution in [2.24, 2.45) is 16.6 Å². The number of likely N-dealkylation sites (tertiary alicyclic amines) is 1. The number of likely N-dealkylation sites (N-methyl/N-ethyl adjacent to an activating group) is 1. The lowest BCUT2D eigenvalue weighted by atomic mass is 9.95. The number of benzene rings is 1. The number of piperidine rings is 1. The van der Waals surface area contributed by atoms with Crippen LogP contribution in [0.3, 0.4) is 0 Å². The van der Waals surface area contributed by atoms with Crippen LogP contribution >= 0.6 is 24.0 Å². The van der Waals surface area contributed by atoms with Crippen LogP contribution in [0.25, 0.3) is 0 Å². The average Bonchev–Trinajstić information content (AvgIpc) is 2.64. The van der Waals surface area contributed by atoms with Crippen LogP contribution in [0, 0.1) is 5.92 Å². The molecule has 1 aromatic rings. The number of guanidine groups is 1. The van der Waals surface area contributed by atoms with Gasteiger partial charge in [0.15, 0.2) is 5.96 Å². The SMILES string of the molecule is CCNC(=NCc1cccc(NC(=O)CN(C)C)c1)N1CCCC(CC(N)=O)C1.I. The summed E-state index contributed by atoms with van der Waals surface area (Å²) < 4.78 is 0. The van der Waals surface area contributed by atoms with E-state index < -0.39 is 0 Å². The van der Waals surface area contributed by atoms with Gasteiger partial charge in [0, 0.05) is 31.7 Å². The Balaban J connectivity index is 0.00000450. The molecule has 0 aliphatic carbocycles. The van der Waals surface area contributed by atoms with E-state index in [9.17, 15) is 9.59 Å². The summed E-state index contributed by atoms with van der Waals surface area (Å²) in [6.45, 7) is 5.37. The largest absolute Gasteiger partial charge is 0.370 e. The van der Waals surface area contributed by atoms with Crippen molar-refractivity contribution in [2.45, 2.75) is 32.7 Å². The summed E-state index contributed by atoms with van der Waals surface area (Å²) >= 11 is 0. The third-order valence-electron chi connectivity index (χ3n) is 4.73. The highest BCUT2D eigenvalue weighted by Crippen LogP contribution is 2.20. The lowest BCUT2D eigenvalue weighted by molar-refractivity contribution is -0.119. The molecule has 2 rings (SSSR count). The van der Waals surface area contributed by atoms with Crippen molar-refractivity contribution in [3.05, 3.63) is 29.8 Å². The number of anilines is 1. The van der Waals surface area contributed by atoms with Crippen molar-refractivity contribution < 1.29 is 9.59 Å². The van der Waals surface area contributed by atoms with Crippen LogP contribution in [0.1, 0.15) is 31.7 Å². The molecule has 30 heavy (non-hydrogen) atoms. The minimum atomic E-state index is -0.244. The topological polar surface area (TPSA) is 103 Å². The number of aliphatic imine (C=N–C) groups is 1. The van der Waals surface area contributed by atoms with Gasteiger partial charge in [-0.15, -0.1) is 24.0 Å². The molecule has 1 saturated heterocycles. The van der Waals surface area contributed by atoms with Crippen LogP contribution in [-0.4, -0.2) is 67.8 Å². The first-order valence-corrected chi connectivity index (χ1v) is 10.2. The van der Waals surface area contributed by atoms with Crippen molar-refractivity contribution in [3.63, 3.8) is 0 Å². The van der Waals surface area contributed by atoms with Crippen molar-refractivity contribution >= 4 is 47.4 Å². The molecule has 1 aromatic carbocycles. The van der Waals surface area contributed by atoms with Gasteiger partial charge in [0.25, 0.3) is 0 Å².